The number of hydrogen-bond donors (Lipinski definition) is 2. The van der Waals surface area contributed by atoms with Crippen molar-refractivity contribution >= 4 is 6.03 Å². The lowest BCUT2D eigenvalue weighted by Gasteiger charge is -2.19. The topological polar surface area (TPSA) is 58.4 Å². The van der Waals surface area contributed by atoms with Crippen molar-refractivity contribution in [1.29, 1.82) is 0 Å². The molecule has 5 heteroatoms. The molecule has 0 unspecified atom stereocenters. The number of nitrogens with one attached hydrogen (secondary N) is 1. The van der Waals surface area contributed by atoms with Crippen molar-refractivity contribution in [1.82, 2.24) is 10.2 Å². The summed E-state index contributed by atoms with van der Waals surface area (Å²) in [6.07, 6.45) is 0. The van der Waals surface area contributed by atoms with E-state index in [1.165, 1.54) is 6.07 Å². The van der Waals surface area contributed by atoms with E-state index in [4.69, 9.17) is 5.73 Å². The van der Waals surface area contributed by atoms with Crippen molar-refractivity contribution in [2.24, 2.45) is 5.73 Å². The van der Waals surface area contributed by atoms with Crippen LogP contribution in [0, 0.1) is 17.7 Å². The van der Waals surface area contributed by atoms with Gasteiger partial charge in [-0.1, -0.05) is 11.8 Å². The number of carbonyl (C=O) groups excluding carboxylic acids is 1. The van der Waals surface area contributed by atoms with Crippen LogP contribution in [0.25, 0.3) is 0 Å². The van der Waals surface area contributed by atoms with Crippen molar-refractivity contribution in [2.45, 2.75) is 20.4 Å². The maximum Gasteiger partial charge on any atom is 0.317 e. The van der Waals surface area contributed by atoms with Gasteiger partial charge in [-0.25, -0.2) is 9.18 Å². The van der Waals surface area contributed by atoms with Crippen molar-refractivity contribution < 1.29 is 9.18 Å². The molecule has 0 aromatic heterocycles. The third-order valence-corrected chi connectivity index (χ3v) is 2.86. The second-order valence-corrected chi connectivity index (χ2v) is 4.14. The second kappa shape index (κ2) is 8.18. The van der Waals surface area contributed by atoms with Crippen molar-refractivity contribution in [3.63, 3.8) is 0 Å². The molecule has 0 aliphatic rings. The Morgan fingerprint density at radius 3 is 2.70 bits per heavy atom. The molecule has 0 radical (unpaired) electrons. The molecule has 3 N–H and O–H groups in total. The number of halogens is 1. The van der Waals surface area contributed by atoms with E-state index in [-0.39, 0.29) is 24.9 Å². The molecule has 108 valence electrons. The molecule has 2 amide bonds. The maximum absolute atomic E-state index is 13.7. The summed E-state index contributed by atoms with van der Waals surface area (Å²) in [5, 5.41) is 2.70. The third kappa shape index (κ3) is 4.56. The van der Waals surface area contributed by atoms with Crippen LogP contribution in [0.2, 0.25) is 0 Å². The monoisotopic (exact) mass is 277 g/mol. The zero-order valence-electron chi connectivity index (χ0n) is 11.9. The SMILES string of the molecule is CCN(CC)C(=O)NCc1cc(C#CCN)ccc1F. The number of amides is 2. The standard InChI is InChI=1S/C15H20FN3O/c1-3-19(4-2)15(20)18-11-13-10-12(6-5-9-17)7-8-14(13)16/h7-8,10H,3-4,9,11,17H2,1-2H3,(H,18,20). The zero-order valence-corrected chi connectivity index (χ0v) is 11.9. The summed E-state index contributed by atoms with van der Waals surface area (Å²) in [4.78, 5) is 13.4. The number of nitrogens with two attached hydrogens (primary N) is 1. The molecule has 4 nitrogen and oxygen atoms in total. The first-order valence-electron chi connectivity index (χ1n) is 6.62. The summed E-state index contributed by atoms with van der Waals surface area (Å²) < 4.78 is 13.7. The Balaban J connectivity index is 2.74. The number of nitrogens with zero attached hydrogens (tertiary/aromatic N) is 1. The minimum absolute atomic E-state index is 0.138. The van der Waals surface area contributed by atoms with Crippen LogP contribution in [-0.2, 0) is 6.54 Å². The minimum atomic E-state index is -0.358. The highest BCUT2D eigenvalue weighted by Crippen LogP contribution is 2.10. The molecule has 1 rings (SSSR count). The van der Waals surface area contributed by atoms with Gasteiger partial charge in [0.25, 0.3) is 0 Å². The third-order valence-electron chi connectivity index (χ3n) is 2.86. The predicted octanol–water partition coefficient (Wildman–Crippen LogP) is 1.69. The number of urea groups is 1. The first-order chi connectivity index (χ1) is 9.62. The second-order valence-electron chi connectivity index (χ2n) is 4.14. The van der Waals surface area contributed by atoms with Gasteiger partial charge < -0.3 is 16.0 Å². The van der Waals surface area contributed by atoms with E-state index in [1.54, 1.807) is 17.0 Å². The largest absolute Gasteiger partial charge is 0.334 e. The molecule has 1 aromatic rings. The van der Waals surface area contributed by atoms with Crippen LogP contribution in [0.1, 0.15) is 25.0 Å². The van der Waals surface area contributed by atoms with E-state index in [1.807, 2.05) is 13.8 Å². The number of hydrogen-bond acceptors (Lipinski definition) is 2. The zero-order chi connectivity index (χ0) is 15.0. The van der Waals surface area contributed by atoms with Gasteiger partial charge in [0.05, 0.1) is 6.54 Å². The molecule has 0 bridgehead atoms. The summed E-state index contributed by atoms with van der Waals surface area (Å²) in [7, 11) is 0. The lowest BCUT2D eigenvalue weighted by molar-refractivity contribution is 0.202. The predicted molar refractivity (Wildman–Crippen MR) is 77.5 cm³/mol. The Labute approximate surface area is 119 Å². The van der Waals surface area contributed by atoms with Crippen molar-refractivity contribution in [3.05, 3.63) is 35.1 Å². The van der Waals surface area contributed by atoms with Crippen molar-refractivity contribution in [3.8, 4) is 11.8 Å². The maximum atomic E-state index is 13.7. The quantitative estimate of drug-likeness (QED) is 0.823. The van der Waals surface area contributed by atoms with Gasteiger partial charge in [-0.3, -0.25) is 0 Å². The molecule has 0 spiro atoms. The number of rotatable bonds is 4. The van der Waals surface area contributed by atoms with E-state index < -0.39 is 0 Å². The Morgan fingerprint density at radius 1 is 1.40 bits per heavy atom. The number of benzene rings is 1. The summed E-state index contributed by atoms with van der Waals surface area (Å²) in [5.41, 5.74) is 6.39. The van der Waals surface area contributed by atoms with E-state index in [9.17, 15) is 9.18 Å². The van der Waals surface area contributed by atoms with Gasteiger partial charge in [-0.15, -0.1) is 0 Å². The van der Waals surface area contributed by atoms with Crippen molar-refractivity contribution in [2.75, 3.05) is 19.6 Å². The summed E-state index contributed by atoms with van der Waals surface area (Å²) in [6, 6.07) is 4.36. The molecule has 0 saturated heterocycles. The van der Waals surface area contributed by atoms with Crippen LogP contribution in [-0.4, -0.2) is 30.6 Å². The van der Waals surface area contributed by atoms with Gasteiger partial charge in [-0.05, 0) is 32.0 Å². The molecule has 0 atom stereocenters. The fourth-order valence-electron chi connectivity index (χ4n) is 1.73. The summed E-state index contributed by atoms with van der Waals surface area (Å²) >= 11 is 0. The summed E-state index contributed by atoms with van der Waals surface area (Å²) in [6.45, 7) is 5.42. The molecule has 20 heavy (non-hydrogen) atoms. The van der Waals surface area contributed by atoms with Crippen LogP contribution >= 0.6 is 0 Å². The molecule has 0 aliphatic heterocycles. The first-order valence-corrected chi connectivity index (χ1v) is 6.62. The van der Waals surface area contributed by atoms with Crippen LogP contribution in [0.15, 0.2) is 18.2 Å². The van der Waals surface area contributed by atoms with Crippen LogP contribution in [0.5, 0.6) is 0 Å². The normalized spacial score (nSPS) is 9.60. The van der Waals surface area contributed by atoms with Crippen LogP contribution < -0.4 is 11.1 Å². The Kier molecular flexibility index (Phi) is 6.54. The van der Waals surface area contributed by atoms with E-state index >= 15 is 0 Å². The van der Waals surface area contributed by atoms with Gasteiger partial charge >= 0.3 is 6.03 Å². The molecule has 0 fully saturated rings. The average molecular weight is 277 g/mol. The van der Waals surface area contributed by atoms with E-state index in [0.29, 0.717) is 24.2 Å². The smallest absolute Gasteiger partial charge is 0.317 e. The summed E-state index contributed by atoms with van der Waals surface area (Å²) in [5.74, 6) is 5.19. The van der Waals surface area contributed by atoms with Gasteiger partial charge in [-0.2, -0.15) is 0 Å². The highest BCUT2D eigenvalue weighted by Gasteiger charge is 2.10. The molecular formula is C15H20FN3O. The lowest BCUT2D eigenvalue weighted by atomic mass is 10.1. The lowest BCUT2D eigenvalue weighted by Crippen LogP contribution is -2.39. The molecule has 1 aromatic carbocycles. The molecule has 0 aliphatic carbocycles. The fraction of sp³-hybridized carbons (Fsp3) is 0.400. The van der Waals surface area contributed by atoms with Gasteiger partial charge in [0.15, 0.2) is 0 Å². The highest BCUT2D eigenvalue weighted by molar-refractivity contribution is 5.74. The number of carbonyl (C=O) groups is 1. The molecule has 0 saturated carbocycles. The van der Waals surface area contributed by atoms with Gasteiger partial charge in [0, 0.05) is 30.8 Å². The Hall–Kier alpha value is -2.06. The Bertz CT molecular complexity index is 516. The molecule has 0 heterocycles. The van der Waals surface area contributed by atoms with E-state index in [2.05, 4.69) is 17.2 Å². The average Bonchev–Trinajstić information content (AvgIpc) is 2.46. The van der Waals surface area contributed by atoms with Gasteiger partial charge in [0.2, 0.25) is 0 Å². The molecular weight excluding hydrogens is 257 g/mol. The van der Waals surface area contributed by atoms with Gasteiger partial charge in [0.1, 0.15) is 5.82 Å². The van der Waals surface area contributed by atoms with E-state index in [0.717, 1.165) is 0 Å². The first kappa shape index (κ1) is 16.0. The van der Waals surface area contributed by atoms with Crippen LogP contribution in [0.4, 0.5) is 9.18 Å². The highest BCUT2D eigenvalue weighted by atomic mass is 19.1. The van der Waals surface area contributed by atoms with Crippen LogP contribution in [0.3, 0.4) is 0 Å². The Morgan fingerprint density at radius 2 is 2.10 bits per heavy atom. The minimum Gasteiger partial charge on any atom is -0.334 e. The fourth-order valence-corrected chi connectivity index (χ4v) is 1.73.